The van der Waals surface area contributed by atoms with Gasteiger partial charge in [-0.25, -0.2) is 0 Å². The fraction of sp³-hybridized carbons (Fsp3) is 0.429. The lowest BCUT2D eigenvalue weighted by molar-refractivity contribution is -0.906. The Morgan fingerprint density at radius 2 is 1.22 bits per heavy atom. The lowest BCUT2D eigenvalue weighted by Gasteiger charge is -2.32. The van der Waals surface area contributed by atoms with Gasteiger partial charge in [0, 0.05) is 5.92 Å². The van der Waals surface area contributed by atoms with Crippen LogP contribution in [0.5, 0.6) is 0 Å². The maximum absolute atomic E-state index is 2.38. The highest BCUT2D eigenvalue weighted by molar-refractivity contribution is 5.32. The first-order valence-electron chi connectivity index (χ1n) is 8.62. The number of nitrogens with zero attached hydrogens (tertiary/aromatic N) is 1. The Morgan fingerprint density at radius 3 is 1.61 bits per heavy atom. The van der Waals surface area contributed by atoms with Gasteiger partial charge in [0.25, 0.3) is 0 Å². The Labute approximate surface area is 159 Å². The second-order valence-corrected chi connectivity index (χ2v) is 6.49. The van der Waals surface area contributed by atoms with E-state index in [0.717, 1.165) is 0 Å². The molecule has 0 aliphatic heterocycles. The smallest absolute Gasteiger partial charge is 0.0784 e. The summed E-state index contributed by atoms with van der Waals surface area (Å²) in [7, 11) is 2.38. The molecule has 0 aliphatic rings. The minimum atomic E-state index is 0. The summed E-state index contributed by atoms with van der Waals surface area (Å²) in [5.74, 6) is 0.518. The Morgan fingerprint density at radius 1 is 0.783 bits per heavy atom. The number of hydrogen-bond donors (Lipinski definition) is 0. The van der Waals surface area contributed by atoms with E-state index in [-0.39, 0.29) is 24.0 Å². The Hall–Kier alpha value is -0.870. The van der Waals surface area contributed by atoms with Gasteiger partial charge in [0.2, 0.25) is 0 Å². The molecular weight excluding hydrogens is 393 g/mol. The molecular formula is C21H30IN. The van der Waals surface area contributed by atoms with Gasteiger partial charge in [0.1, 0.15) is 0 Å². The first-order valence-corrected chi connectivity index (χ1v) is 8.62. The summed E-state index contributed by atoms with van der Waals surface area (Å²) in [6.45, 7) is 8.31. The molecule has 0 heterocycles. The van der Waals surface area contributed by atoms with Crippen molar-refractivity contribution < 1.29 is 28.5 Å². The highest BCUT2D eigenvalue weighted by atomic mass is 127. The molecule has 0 saturated carbocycles. The summed E-state index contributed by atoms with van der Waals surface area (Å²) in [6.07, 6.45) is 2.49. The van der Waals surface area contributed by atoms with Crippen LogP contribution in [0.4, 0.5) is 0 Å². The van der Waals surface area contributed by atoms with Crippen molar-refractivity contribution in [3.63, 3.8) is 0 Å². The van der Waals surface area contributed by atoms with Crippen LogP contribution in [0.1, 0.15) is 43.7 Å². The van der Waals surface area contributed by atoms with E-state index in [0.29, 0.717) is 5.92 Å². The van der Waals surface area contributed by atoms with Gasteiger partial charge in [0.15, 0.2) is 0 Å². The van der Waals surface area contributed by atoms with Crippen LogP contribution in [-0.2, 0) is 0 Å². The van der Waals surface area contributed by atoms with Gasteiger partial charge in [-0.05, 0) is 37.8 Å². The van der Waals surface area contributed by atoms with Gasteiger partial charge in [-0.15, -0.1) is 0 Å². The highest BCUT2D eigenvalue weighted by Crippen LogP contribution is 2.29. The first kappa shape index (κ1) is 20.2. The first-order chi connectivity index (χ1) is 10.7. The van der Waals surface area contributed by atoms with Gasteiger partial charge in [-0.1, -0.05) is 60.7 Å². The normalized spacial score (nSPS) is 11.3. The molecule has 126 valence electrons. The molecule has 2 aromatic carbocycles. The minimum absolute atomic E-state index is 0. The standard InChI is InChI=1S/C21H30N.HI/c1-4-22(3,5-2)18-12-17-21(19-13-8-6-9-14-19)20-15-10-7-11-16-20;/h6-11,13-16,21H,4-5,12,17-18H2,1-3H3;1H/q+1;/p-1. The zero-order chi connectivity index (χ0) is 15.8. The maximum atomic E-state index is 2.38. The van der Waals surface area contributed by atoms with Crippen LogP contribution in [-0.4, -0.2) is 31.2 Å². The van der Waals surface area contributed by atoms with Gasteiger partial charge < -0.3 is 28.5 Å². The number of rotatable bonds is 8. The van der Waals surface area contributed by atoms with Crippen molar-refractivity contribution in [1.82, 2.24) is 0 Å². The van der Waals surface area contributed by atoms with Crippen LogP contribution in [0.2, 0.25) is 0 Å². The van der Waals surface area contributed by atoms with Crippen molar-refractivity contribution in [3.8, 4) is 0 Å². The van der Waals surface area contributed by atoms with Crippen molar-refractivity contribution >= 4 is 0 Å². The summed E-state index contributed by atoms with van der Waals surface area (Å²) in [5.41, 5.74) is 2.88. The highest BCUT2D eigenvalue weighted by Gasteiger charge is 2.19. The molecule has 0 bridgehead atoms. The molecule has 0 N–H and O–H groups in total. The minimum Gasteiger partial charge on any atom is -1.00 e. The molecule has 1 nitrogen and oxygen atoms in total. The van der Waals surface area contributed by atoms with E-state index >= 15 is 0 Å². The SMILES string of the molecule is CC[N+](C)(CC)CCCC(c1ccccc1)c1ccccc1.[I-]. The van der Waals surface area contributed by atoms with Crippen molar-refractivity contribution in [2.45, 2.75) is 32.6 Å². The van der Waals surface area contributed by atoms with Crippen LogP contribution < -0.4 is 24.0 Å². The number of halogens is 1. The molecule has 0 amide bonds. The average Bonchev–Trinajstić information content (AvgIpc) is 2.60. The monoisotopic (exact) mass is 423 g/mol. The van der Waals surface area contributed by atoms with E-state index in [1.54, 1.807) is 0 Å². The molecule has 2 heteroatoms. The summed E-state index contributed by atoms with van der Waals surface area (Å²) in [4.78, 5) is 0. The molecule has 0 atom stereocenters. The quantitative estimate of drug-likeness (QED) is 0.451. The van der Waals surface area contributed by atoms with Gasteiger partial charge in [0.05, 0.1) is 26.7 Å². The van der Waals surface area contributed by atoms with Crippen LogP contribution >= 0.6 is 0 Å². The number of quaternary nitrogens is 1. The van der Waals surface area contributed by atoms with E-state index in [1.165, 1.54) is 48.1 Å². The zero-order valence-corrected chi connectivity index (χ0v) is 16.9. The fourth-order valence-electron chi connectivity index (χ4n) is 3.11. The van der Waals surface area contributed by atoms with Crippen LogP contribution in [0.15, 0.2) is 60.7 Å². The summed E-state index contributed by atoms with van der Waals surface area (Å²) in [6, 6.07) is 21.9. The second kappa shape index (κ2) is 10.1. The molecule has 0 fully saturated rings. The van der Waals surface area contributed by atoms with Crippen LogP contribution in [0, 0.1) is 0 Å². The third-order valence-electron chi connectivity index (χ3n) is 5.12. The predicted molar refractivity (Wildman–Crippen MR) is 96.1 cm³/mol. The topological polar surface area (TPSA) is 0 Å². The number of hydrogen-bond acceptors (Lipinski definition) is 0. The summed E-state index contributed by atoms with van der Waals surface area (Å²) in [5, 5.41) is 0. The van der Waals surface area contributed by atoms with E-state index < -0.39 is 0 Å². The lowest BCUT2D eigenvalue weighted by atomic mass is 9.87. The van der Waals surface area contributed by atoms with Gasteiger partial charge in [-0.2, -0.15) is 0 Å². The molecule has 0 unspecified atom stereocenters. The second-order valence-electron chi connectivity index (χ2n) is 6.49. The van der Waals surface area contributed by atoms with E-state index in [4.69, 9.17) is 0 Å². The van der Waals surface area contributed by atoms with E-state index in [1.807, 2.05) is 0 Å². The van der Waals surface area contributed by atoms with Crippen LogP contribution in [0.25, 0.3) is 0 Å². The van der Waals surface area contributed by atoms with Crippen LogP contribution in [0.3, 0.4) is 0 Å². The molecule has 0 saturated heterocycles. The van der Waals surface area contributed by atoms with E-state index in [9.17, 15) is 0 Å². The largest absolute Gasteiger partial charge is 1.00 e. The molecule has 23 heavy (non-hydrogen) atoms. The summed E-state index contributed by atoms with van der Waals surface area (Å²) < 4.78 is 1.18. The average molecular weight is 423 g/mol. The molecule has 2 aromatic rings. The molecule has 0 spiro atoms. The predicted octanol–water partition coefficient (Wildman–Crippen LogP) is 2.09. The third-order valence-corrected chi connectivity index (χ3v) is 5.12. The zero-order valence-electron chi connectivity index (χ0n) is 14.7. The summed E-state index contributed by atoms with van der Waals surface area (Å²) >= 11 is 0. The van der Waals surface area contributed by atoms with E-state index in [2.05, 4.69) is 81.6 Å². The molecule has 0 aromatic heterocycles. The Balaban J connectivity index is 0.00000264. The lowest BCUT2D eigenvalue weighted by Crippen LogP contribution is -3.00. The molecule has 0 radical (unpaired) electrons. The third kappa shape index (κ3) is 5.92. The molecule has 2 rings (SSSR count). The van der Waals surface area contributed by atoms with Crippen molar-refractivity contribution in [2.75, 3.05) is 26.7 Å². The van der Waals surface area contributed by atoms with Crippen molar-refractivity contribution in [1.29, 1.82) is 0 Å². The van der Waals surface area contributed by atoms with Crippen molar-refractivity contribution in [3.05, 3.63) is 71.8 Å². The molecule has 0 aliphatic carbocycles. The fourth-order valence-corrected chi connectivity index (χ4v) is 3.11. The number of benzene rings is 2. The van der Waals surface area contributed by atoms with Gasteiger partial charge >= 0.3 is 0 Å². The maximum Gasteiger partial charge on any atom is 0.0784 e. The Kier molecular flexibility index (Phi) is 8.85. The van der Waals surface area contributed by atoms with Crippen molar-refractivity contribution in [2.24, 2.45) is 0 Å². The Bertz CT molecular complexity index is 495. The van der Waals surface area contributed by atoms with Gasteiger partial charge in [-0.3, -0.25) is 0 Å².